The Hall–Kier alpha value is -3.74. The monoisotopic (exact) mass is 434 g/mol. The molecular formula is C17H18N6O6S. The van der Waals surface area contributed by atoms with E-state index in [2.05, 4.69) is 20.3 Å². The molecule has 0 radical (unpaired) electrons. The third kappa shape index (κ3) is 3.87. The van der Waals surface area contributed by atoms with E-state index < -0.39 is 22.0 Å². The molecule has 0 atom stereocenters. The normalized spacial score (nSPS) is 11.2. The van der Waals surface area contributed by atoms with E-state index in [0.717, 1.165) is 7.11 Å². The molecule has 0 fully saturated rings. The van der Waals surface area contributed by atoms with Gasteiger partial charge in [-0.15, -0.1) is 0 Å². The first-order valence-electron chi connectivity index (χ1n) is 8.44. The molecule has 3 aromatic rings. The molecule has 13 heteroatoms. The number of rotatable bonds is 5. The van der Waals surface area contributed by atoms with Crippen LogP contribution in [0.5, 0.6) is 6.01 Å². The molecule has 0 saturated carbocycles. The van der Waals surface area contributed by atoms with Gasteiger partial charge in [-0.2, -0.15) is 15.0 Å². The van der Waals surface area contributed by atoms with Gasteiger partial charge in [0, 0.05) is 18.0 Å². The fourth-order valence-electron chi connectivity index (χ4n) is 2.86. The summed E-state index contributed by atoms with van der Waals surface area (Å²) in [7, 11) is -0.498. The first kappa shape index (κ1) is 21.0. The van der Waals surface area contributed by atoms with Gasteiger partial charge in [-0.25, -0.2) is 22.7 Å². The first-order chi connectivity index (χ1) is 14.2. The van der Waals surface area contributed by atoms with Crippen LogP contribution in [0.2, 0.25) is 0 Å². The number of carbonyl (C=O) groups is 2. The quantitative estimate of drug-likeness (QED) is 0.559. The van der Waals surface area contributed by atoms with Gasteiger partial charge in [0.15, 0.2) is 0 Å². The largest absolute Gasteiger partial charge is 0.467 e. The van der Waals surface area contributed by atoms with Gasteiger partial charge in [0.25, 0.3) is 10.0 Å². The van der Waals surface area contributed by atoms with Gasteiger partial charge < -0.3 is 14.0 Å². The number of nitrogens with zero attached hydrogens (tertiary/aromatic N) is 4. The fourth-order valence-corrected chi connectivity index (χ4v) is 4.20. The number of sulfonamides is 1. The average molecular weight is 434 g/mol. The number of benzene rings is 1. The number of ether oxygens (including phenoxy) is 2. The third-order valence-corrected chi connectivity index (χ3v) is 5.47. The van der Waals surface area contributed by atoms with Gasteiger partial charge in [0.1, 0.15) is 16.4 Å². The van der Waals surface area contributed by atoms with Crippen molar-refractivity contribution < 1.29 is 27.5 Å². The molecule has 2 heterocycles. The molecule has 0 saturated heterocycles. The van der Waals surface area contributed by atoms with E-state index in [-0.39, 0.29) is 33.8 Å². The standard InChI is InChI=1S/C17H18N6O6S/c1-9-18-15(21-17(19-9)29-4)20-16(25)22-30(26,27)13-10-7-5-6-8-11(10)23(2)12(13)14(24)28-3/h5-8H,1-4H3,(H2,18,19,20,21,22,25). The van der Waals surface area contributed by atoms with Crippen LogP contribution in [0.15, 0.2) is 29.2 Å². The third-order valence-electron chi connectivity index (χ3n) is 4.07. The molecule has 12 nitrogen and oxygen atoms in total. The van der Waals surface area contributed by atoms with Crippen molar-refractivity contribution in [2.45, 2.75) is 11.8 Å². The summed E-state index contributed by atoms with van der Waals surface area (Å²) in [5.41, 5.74) is 0.244. The Labute approximate surface area is 171 Å². The lowest BCUT2D eigenvalue weighted by atomic mass is 10.2. The highest BCUT2D eigenvalue weighted by molar-refractivity contribution is 7.90. The highest BCUT2D eigenvalue weighted by Gasteiger charge is 2.32. The van der Waals surface area contributed by atoms with Crippen LogP contribution in [0.4, 0.5) is 10.7 Å². The fraction of sp³-hybridized carbons (Fsp3) is 0.235. The summed E-state index contributed by atoms with van der Waals surface area (Å²) in [6.07, 6.45) is 0. The smallest absolute Gasteiger partial charge is 0.356 e. The van der Waals surface area contributed by atoms with Crippen molar-refractivity contribution in [2.24, 2.45) is 7.05 Å². The number of aromatic nitrogens is 4. The number of carbonyl (C=O) groups excluding carboxylic acids is 2. The van der Waals surface area contributed by atoms with Crippen LogP contribution in [0.1, 0.15) is 16.3 Å². The lowest BCUT2D eigenvalue weighted by Gasteiger charge is -2.10. The summed E-state index contributed by atoms with van der Waals surface area (Å²) in [5.74, 6) is -0.826. The Morgan fingerprint density at radius 1 is 1.10 bits per heavy atom. The molecule has 158 valence electrons. The van der Waals surface area contributed by atoms with Crippen molar-refractivity contribution in [1.29, 1.82) is 0 Å². The zero-order chi connectivity index (χ0) is 22.1. The van der Waals surface area contributed by atoms with Crippen molar-refractivity contribution in [1.82, 2.24) is 24.2 Å². The zero-order valence-electron chi connectivity index (χ0n) is 16.5. The molecule has 2 amide bonds. The number of nitrogens with one attached hydrogen (secondary N) is 2. The number of amides is 2. The topological polar surface area (TPSA) is 154 Å². The zero-order valence-corrected chi connectivity index (χ0v) is 17.3. The van der Waals surface area contributed by atoms with E-state index in [1.807, 2.05) is 4.72 Å². The van der Waals surface area contributed by atoms with Crippen LogP contribution >= 0.6 is 0 Å². The van der Waals surface area contributed by atoms with Gasteiger partial charge >= 0.3 is 18.0 Å². The summed E-state index contributed by atoms with van der Waals surface area (Å²) in [6, 6.07) is 5.28. The van der Waals surface area contributed by atoms with Crippen molar-refractivity contribution in [3.63, 3.8) is 0 Å². The van der Waals surface area contributed by atoms with E-state index in [9.17, 15) is 18.0 Å². The Morgan fingerprint density at radius 3 is 2.47 bits per heavy atom. The second kappa shape index (κ2) is 7.94. The van der Waals surface area contributed by atoms with Gasteiger partial charge in [-0.3, -0.25) is 5.32 Å². The Kier molecular flexibility index (Phi) is 5.56. The molecule has 3 rings (SSSR count). The van der Waals surface area contributed by atoms with Gasteiger partial charge in [0.05, 0.1) is 14.2 Å². The second-order valence-electron chi connectivity index (χ2n) is 6.00. The summed E-state index contributed by atoms with van der Waals surface area (Å²) in [6.45, 7) is 1.54. The van der Waals surface area contributed by atoms with E-state index in [4.69, 9.17) is 9.47 Å². The predicted molar refractivity (Wildman–Crippen MR) is 105 cm³/mol. The highest BCUT2D eigenvalue weighted by Crippen LogP contribution is 2.30. The predicted octanol–water partition coefficient (Wildman–Crippen LogP) is 0.977. The SMILES string of the molecule is COC(=O)c1c(S(=O)(=O)NC(=O)Nc2nc(C)nc(OC)n2)c2ccccc2n1C. The van der Waals surface area contributed by atoms with Gasteiger partial charge in [-0.05, 0) is 13.0 Å². The van der Waals surface area contributed by atoms with Crippen molar-refractivity contribution in [3.8, 4) is 6.01 Å². The van der Waals surface area contributed by atoms with Crippen LogP contribution in [0, 0.1) is 6.92 Å². The number of urea groups is 1. The minimum absolute atomic E-state index is 0.0531. The van der Waals surface area contributed by atoms with E-state index in [1.54, 1.807) is 25.1 Å². The van der Waals surface area contributed by atoms with Crippen molar-refractivity contribution >= 4 is 38.9 Å². The van der Waals surface area contributed by atoms with Crippen LogP contribution < -0.4 is 14.8 Å². The minimum atomic E-state index is -4.48. The van der Waals surface area contributed by atoms with E-state index in [0.29, 0.717) is 5.52 Å². The van der Waals surface area contributed by atoms with E-state index >= 15 is 0 Å². The van der Waals surface area contributed by atoms with Gasteiger partial charge in [-0.1, -0.05) is 18.2 Å². The molecule has 2 aromatic heterocycles. The molecule has 0 unspecified atom stereocenters. The maximum atomic E-state index is 13.0. The van der Waals surface area contributed by atoms with Crippen LogP contribution in [0.3, 0.4) is 0 Å². The number of aryl methyl sites for hydroxylation is 2. The lowest BCUT2D eigenvalue weighted by molar-refractivity contribution is 0.0585. The lowest BCUT2D eigenvalue weighted by Crippen LogP contribution is -2.35. The number of para-hydroxylation sites is 1. The number of fused-ring (bicyclic) bond motifs is 1. The number of hydrogen-bond donors (Lipinski definition) is 2. The molecule has 0 bridgehead atoms. The molecule has 30 heavy (non-hydrogen) atoms. The van der Waals surface area contributed by atoms with Crippen LogP contribution in [-0.2, 0) is 21.8 Å². The maximum absolute atomic E-state index is 13.0. The molecule has 0 aliphatic heterocycles. The Bertz CT molecular complexity index is 1250. The Morgan fingerprint density at radius 2 is 1.80 bits per heavy atom. The van der Waals surface area contributed by atoms with Crippen LogP contribution in [0.25, 0.3) is 10.9 Å². The molecule has 0 spiro atoms. The van der Waals surface area contributed by atoms with Gasteiger partial charge in [0.2, 0.25) is 5.95 Å². The summed E-state index contributed by atoms with van der Waals surface area (Å²) >= 11 is 0. The second-order valence-corrected chi connectivity index (χ2v) is 7.62. The molecular weight excluding hydrogens is 416 g/mol. The highest BCUT2D eigenvalue weighted by atomic mass is 32.2. The van der Waals surface area contributed by atoms with Crippen molar-refractivity contribution in [3.05, 3.63) is 35.8 Å². The van der Waals surface area contributed by atoms with Crippen molar-refractivity contribution in [2.75, 3.05) is 19.5 Å². The minimum Gasteiger partial charge on any atom is -0.467 e. The molecule has 0 aliphatic carbocycles. The first-order valence-corrected chi connectivity index (χ1v) is 9.92. The number of esters is 1. The number of hydrogen-bond acceptors (Lipinski definition) is 9. The Balaban J connectivity index is 2.00. The maximum Gasteiger partial charge on any atom is 0.356 e. The van der Waals surface area contributed by atoms with Crippen LogP contribution in [-0.4, -0.2) is 54.2 Å². The molecule has 1 aromatic carbocycles. The summed E-state index contributed by atoms with van der Waals surface area (Å²) < 4.78 is 38.9. The number of methoxy groups -OCH3 is 2. The average Bonchev–Trinajstić information content (AvgIpc) is 3.00. The van der Waals surface area contributed by atoms with E-state index in [1.165, 1.54) is 24.8 Å². The molecule has 2 N–H and O–H groups in total. The summed E-state index contributed by atoms with van der Waals surface area (Å²) in [4.78, 5) is 35.8. The number of anilines is 1. The molecule has 0 aliphatic rings. The summed E-state index contributed by atoms with van der Waals surface area (Å²) in [5, 5.41) is 2.45.